The van der Waals surface area contributed by atoms with Crippen LogP contribution in [0.1, 0.15) is 5.56 Å². The van der Waals surface area contributed by atoms with Crippen molar-refractivity contribution in [3.8, 4) is 0 Å². The fourth-order valence-corrected chi connectivity index (χ4v) is 3.16. The number of benzene rings is 2. The molecule has 20 heavy (non-hydrogen) atoms. The summed E-state index contributed by atoms with van der Waals surface area (Å²) in [6.45, 7) is 0. The van der Waals surface area contributed by atoms with E-state index in [-0.39, 0.29) is 10.0 Å². The van der Waals surface area contributed by atoms with E-state index in [1.807, 2.05) is 0 Å². The van der Waals surface area contributed by atoms with Gasteiger partial charge in [-0.25, -0.2) is 0 Å². The van der Waals surface area contributed by atoms with Gasteiger partial charge in [0.2, 0.25) is 0 Å². The molecule has 0 aromatic heterocycles. The van der Waals surface area contributed by atoms with Crippen LogP contribution in [-0.2, 0) is 11.6 Å². The Morgan fingerprint density at radius 1 is 1.05 bits per heavy atom. The number of para-hydroxylation sites is 1. The zero-order chi connectivity index (χ0) is 14.6. The van der Waals surface area contributed by atoms with E-state index in [9.17, 15) is 12.8 Å². The van der Waals surface area contributed by atoms with Crippen LogP contribution in [0.15, 0.2) is 59.6 Å². The Kier molecular flexibility index (Phi) is 4.26. The molecular weight excluding hydrogens is 329 g/mol. The van der Waals surface area contributed by atoms with E-state index in [4.69, 9.17) is 5.26 Å². The number of hydrogen-bond donors (Lipinski definition) is 1. The van der Waals surface area contributed by atoms with Crippen molar-refractivity contribution in [1.82, 2.24) is 0 Å². The molecule has 6 nitrogen and oxygen atoms in total. The van der Waals surface area contributed by atoms with Crippen molar-refractivity contribution in [2.24, 2.45) is 4.99 Å². The maximum atomic E-state index is 12.0. The van der Waals surface area contributed by atoms with Gasteiger partial charge in [0.15, 0.2) is 0 Å². The van der Waals surface area contributed by atoms with Gasteiger partial charge in [-0.3, -0.25) is 0 Å². The van der Waals surface area contributed by atoms with Crippen molar-refractivity contribution < 1.29 is 22.0 Å². The van der Waals surface area contributed by atoms with E-state index in [1.165, 1.54) is 24.3 Å². The fourth-order valence-electron chi connectivity index (χ4n) is 1.58. The molecule has 0 aliphatic carbocycles. The average Bonchev–Trinajstić information content (AvgIpc) is 2.48. The van der Waals surface area contributed by atoms with Gasteiger partial charge >= 0.3 is 116 Å². The Bertz CT molecular complexity index is 725. The first-order chi connectivity index (χ1) is 9.54. The summed E-state index contributed by atoms with van der Waals surface area (Å²) in [4.78, 5) is 3.81. The van der Waals surface area contributed by atoms with Gasteiger partial charge in [-0.15, -0.1) is 0 Å². The Balaban J connectivity index is 2.51. The summed E-state index contributed by atoms with van der Waals surface area (Å²) >= 11 is -5.19. The molecule has 0 fully saturated rings. The Morgan fingerprint density at radius 3 is 2.30 bits per heavy atom. The molecule has 2 aromatic rings. The van der Waals surface area contributed by atoms with Gasteiger partial charge in [0.1, 0.15) is 0 Å². The third-order valence-corrected chi connectivity index (χ3v) is 4.76. The van der Waals surface area contributed by atoms with E-state index in [1.54, 1.807) is 30.3 Å². The Hall–Kier alpha value is -2.05. The van der Waals surface area contributed by atoms with Crippen LogP contribution >= 0.6 is 0 Å². The summed E-state index contributed by atoms with van der Waals surface area (Å²) in [5.74, 6) is -0.725. The molecule has 104 valence electrons. The molecule has 2 rings (SSSR count). The maximum absolute atomic E-state index is 12.0. The Labute approximate surface area is 116 Å². The van der Waals surface area contributed by atoms with Crippen LogP contribution in [0.4, 0.5) is 5.69 Å². The van der Waals surface area contributed by atoms with Crippen molar-refractivity contribution in [3.05, 3.63) is 60.2 Å². The van der Waals surface area contributed by atoms with Gasteiger partial charge in [-0.2, -0.15) is 0 Å². The van der Waals surface area contributed by atoms with Crippen LogP contribution in [-0.4, -0.2) is 24.2 Å². The van der Waals surface area contributed by atoms with E-state index < -0.39 is 18.9 Å². The van der Waals surface area contributed by atoms with E-state index in [0.29, 0.717) is 5.69 Å². The topological polar surface area (TPSA) is 99.0 Å². The zero-order valence-corrected chi connectivity index (χ0v) is 11.8. The summed E-state index contributed by atoms with van der Waals surface area (Å²) in [5, 5.41) is 20.5. The molecule has 0 saturated carbocycles. The molecule has 0 unspecified atom stereocenters. The summed E-state index contributed by atoms with van der Waals surface area (Å²) in [5.41, 5.74) is 0.263. The van der Waals surface area contributed by atoms with Gasteiger partial charge in [0.05, 0.1) is 0 Å². The molecule has 0 aliphatic heterocycles. The molecule has 0 spiro atoms. The van der Waals surface area contributed by atoms with E-state index >= 15 is 0 Å². The average molecular weight is 339 g/mol. The minimum atomic E-state index is -5.19. The van der Waals surface area contributed by atoms with Gasteiger partial charge in [0, 0.05) is 0 Å². The molecule has 0 heterocycles. The monoisotopic (exact) mass is 340 g/mol. The third-order valence-electron chi connectivity index (χ3n) is 2.47. The predicted molar refractivity (Wildman–Crippen MR) is 69.6 cm³/mol. The second-order valence-electron chi connectivity index (χ2n) is 3.78. The molecule has 0 atom stereocenters. The van der Waals surface area contributed by atoms with Crippen molar-refractivity contribution in [2.45, 2.75) is 0 Å². The first kappa shape index (κ1) is 14.4. The second kappa shape index (κ2) is 5.94. The van der Waals surface area contributed by atoms with Gasteiger partial charge < -0.3 is 0 Å². The quantitative estimate of drug-likeness (QED) is 0.289. The molecule has 0 amide bonds. The van der Waals surface area contributed by atoms with Crippen molar-refractivity contribution >= 4 is 29.1 Å². The number of nitrogens with zero attached hydrogens (tertiary/aromatic N) is 1. The zero-order valence-electron chi connectivity index (χ0n) is 10.1. The van der Waals surface area contributed by atoms with Crippen molar-refractivity contribution in [3.63, 3.8) is 0 Å². The number of hydrogen-bond acceptors (Lipinski definition) is 6. The first-order valence-corrected chi connectivity index (χ1v) is 8.48. The fraction of sp³-hybridized carbons (Fsp3) is 0. The first-order valence-electron chi connectivity index (χ1n) is 5.53. The molecule has 0 aliphatic rings. The molecule has 0 bridgehead atoms. The third kappa shape index (κ3) is 3.09. The molecule has 2 aromatic carbocycles. The standard InChI is InChI=1S/C13H11NO5Se/c15-13(14-10-6-2-1-3-7-10)11-8-4-5-9-12(11)20(17,18)19-16/h1-9,16H,(H,14,15)/p-1. The Morgan fingerprint density at radius 2 is 1.65 bits per heavy atom. The van der Waals surface area contributed by atoms with Gasteiger partial charge in [-0.1, -0.05) is 0 Å². The number of aliphatic imine (C=N–C) groups is 1. The van der Waals surface area contributed by atoms with Crippen molar-refractivity contribution in [2.75, 3.05) is 0 Å². The summed E-state index contributed by atoms with van der Waals surface area (Å²) in [6, 6.07) is 13.8. The normalized spacial score (nSPS) is 12.3. The summed E-state index contributed by atoms with van der Waals surface area (Å²) in [6.07, 6.45) is 0. The summed E-state index contributed by atoms with van der Waals surface area (Å²) < 4.78 is 26.3. The van der Waals surface area contributed by atoms with Crippen LogP contribution in [0, 0.1) is 0 Å². The van der Waals surface area contributed by atoms with Gasteiger partial charge in [-0.05, 0) is 0 Å². The molecule has 0 radical (unpaired) electrons. The van der Waals surface area contributed by atoms with Crippen LogP contribution < -0.4 is 9.57 Å². The molecular formula is C13H10NO5Se-. The van der Waals surface area contributed by atoms with E-state index in [2.05, 4.69) is 8.96 Å². The number of rotatable bonds is 4. The van der Waals surface area contributed by atoms with E-state index in [0.717, 1.165) is 0 Å². The van der Waals surface area contributed by atoms with Gasteiger partial charge in [0.25, 0.3) is 0 Å². The predicted octanol–water partition coefficient (Wildman–Crippen LogP) is 0.622. The molecule has 7 heteroatoms. The van der Waals surface area contributed by atoms with Crippen LogP contribution in [0.5, 0.6) is 0 Å². The second-order valence-corrected chi connectivity index (χ2v) is 6.92. The van der Waals surface area contributed by atoms with Crippen LogP contribution in [0.2, 0.25) is 0 Å². The van der Waals surface area contributed by atoms with Crippen LogP contribution in [0.25, 0.3) is 0 Å². The SMILES string of the molecule is O=[Se](=O)(OO)c1ccccc1C([O-])=Nc1ccccc1. The minimum absolute atomic E-state index is 0.143. The van der Waals surface area contributed by atoms with Crippen molar-refractivity contribution in [1.29, 1.82) is 0 Å². The molecule has 0 saturated heterocycles. The summed E-state index contributed by atoms with van der Waals surface area (Å²) in [7, 11) is 0. The van der Waals surface area contributed by atoms with Crippen LogP contribution in [0.3, 0.4) is 0 Å². The molecule has 1 N–H and O–H groups in total.